The number of H-pyrrole nitrogens is 1. The Morgan fingerprint density at radius 2 is 2.05 bits per heavy atom. The molecule has 3 aromatic heterocycles. The van der Waals surface area contributed by atoms with Crippen LogP contribution in [0.4, 0.5) is 5.82 Å². The van der Waals surface area contributed by atoms with E-state index in [1.165, 1.54) is 0 Å². The van der Waals surface area contributed by atoms with E-state index in [4.69, 9.17) is 4.74 Å². The number of aryl methyl sites for hydroxylation is 2. The van der Waals surface area contributed by atoms with Crippen molar-refractivity contribution in [2.45, 2.75) is 52.7 Å². The molecule has 1 unspecified atom stereocenters. The van der Waals surface area contributed by atoms with Gasteiger partial charge in [-0.3, -0.25) is 5.10 Å². The molecule has 0 spiro atoms. The van der Waals surface area contributed by atoms with Crippen LogP contribution in [-0.2, 0) is 0 Å². The van der Waals surface area contributed by atoms with Gasteiger partial charge in [0.25, 0.3) is 0 Å². The summed E-state index contributed by atoms with van der Waals surface area (Å²) in [7, 11) is 0. The second-order valence-corrected chi connectivity index (χ2v) is 10.4. The lowest BCUT2D eigenvalue weighted by molar-refractivity contribution is 0.0263. The summed E-state index contributed by atoms with van der Waals surface area (Å²) in [6, 6.07) is 9.94. The Labute approximate surface area is 216 Å². The quantitative estimate of drug-likeness (QED) is 0.395. The SMILES string of the molecule is Cc1cnnc(C)c1C(C)Oc1ccc2[nH]nc(-c3cnc(N4CC[C@H](C(C)(C)O)C4)c(C#N)c3)c2c1. The number of benzene rings is 1. The fourth-order valence-electron chi connectivity index (χ4n) is 5.23. The van der Waals surface area contributed by atoms with E-state index < -0.39 is 5.60 Å². The minimum Gasteiger partial charge on any atom is -0.486 e. The summed E-state index contributed by atoms with van der Waals surface area (Å²) in [5.74, 6) is 1.48. The van der Waals surface area contributed by atoms with Crippen LogP contribution in [0.2, 0.25) is 0 Å². The number of anilines is 1. The Kier molecular flexibility index (Phi) is 6.30. The molecule has 0 bridgehead atoms. The summed E-state index contributed by atoms with van der Waals surface area (Å²) >= 11 is 0. The first-order valence-corrected chi connectivity index (χ1v) is 12.5. The zero-order valence-electron chi connectivity index (χ0n) is 21.8. The van der Waals surface area contributed by atoms with Gasteiger partial charge in [-0.05, 0) is 70.9 Å². The van der Waals surface area contributed by atoms with Crippen molar-refractivity contribution < 1.29 is 9.84 Å². The molecule has 0 aliphatic carbocycles. The first-order valence-electron chi connectivity index (χ1n) is 12.5. The molecule has 0 saturated carbocycles. The molecule has 1 fully saturated rings. The highest BCUT2D eigenvalue weighted by Crippen LogP contribution is 2.35. The average molecular weight is 498 g/mol. The Balaban J connectivity index is 1.44. The molecule has 4 heterocycles. The fourth-order valence-corrected chi connectivity index (χ4v) is 5.23. The first kappa shape index (κ1) is 24.7. The number of ether oxygens (including phenoxy) is 1. The zero-order chi connectivity index (χ0) is 26.3. The van der Waals surface area contributed by atoms with Gasteiger partial charge in [0.2, 0.25) is 0 Å². The van der Waals surface area contributed by atoms with Crippen LogP contribution in [0, 0.1) is 31.1 Å². The Morgan fingerprint density at radius 1 is 1.24 bits per heavy atom. The summed E-state index contributed by atoms with van der Waals surface area (Å²) < 4.78 is 6.29. The van der Waals surface area contributed by atoms with Crippen LogP contribution in [0.1, 0.15) is 55.7 Å². The topological polar surface area (TPSA) is 124 Å². The monoisotopic (exact) mass is 497 g/mol. The summed E-state index contributed by atoms with van der Waals surface area (Å²) in [5.41, 5.74) is 4.95. The molecule has 1 aliphatic heterocycles. The van der Waals surface area contributed by atoms with Gasteiger partial charge in [-0.1, -0.05) is 0 Å². The average Bonchev–Trinajstić information content (AvgIpc) is 3.51. The minimum atomic E-state index is -0.766. The van der Waals surface area contributed by atoms with E-state index in [0.29, 0.717) is 29.4 Å². The van der Waals surface area contributed by atoms with Gasteiger partial charge in [-0.25, -0.2) is 4.98 Å². The highest BCUT2D eigenvalue weighted by Gasteiger charge is 2.34. The molecule has 1 aliphatic rings. The van der Waals surface area contributed by atoms with Gasteiger partial charge in [-0.2, -0.15) is 20.6 Å². The largest absolute Gasteiger partial charge is 0.486 e. The lowest BCUT2D eigenvalue weighted by Gasteiger charge is -2.26. The molecular weight excluding hydrogens is 466 g/mol. The molecule has 9 heteroatoms. The molecule has 2 atom stereocenters. The lowest BCUT2D eigenvalue weighted by Crippen LogP contribution is -2.33. The van der Waals surface area contributed by atoms with Crippen LogP contribution < -0.4 is 9.64 Å². The van der Waals surface area contributed by atoms with Crippen LogP contribution in [-0.4, -0.2) is 49.2 Å². The van der Waals surface area contributed by atoms with Crippen LogP contribution in [0.5, 0.6) is 5.75 Å². The third kappa shape index (κ3) is 4.72. The third-order valence-electron chi connectivity index (χ3n) is 7.27. The van der Waals surface area contributed by atoms with Gasteiger partial charge in [-0.15, -0.1) is 0 Å². The maximum atomic E-state index is 10.4. The van der Waals surface area contributed by atoms with E-state index in [9.17, 15) is 10.4 Å². The van der Waals surface area contributed by atoms with Crippen LogP contribution in [0.15, 0.2) is 36.7 Å². The molecule has 9 nitrogen and oxygen atoms in total. The second-order valence-electron chi connectivity index (χ2n) is 10.4. The van der Waals surface area contributed by atoms with Crippen LogP contribution in [0.3, 0.4) is 0 Å². The van der Waals surface area contributed by atoms with E-state index in [1.54, 1.807) is 12.4 Å². The number of fused-ring (bicyclic) bond motifs is 1. The maximum absolute atomic E-state index is 10.4. The predicted octanol–water partition coefficient (Wildman–Crippen LogP) is 4.64. The van der Waals surface area contributed by atoms with Crippen LogP contribution >= 0.6 is 0 Å². The van der Waals surface area contributed by atoms with E-state index in [-0.39, 0.29) is 12.0 Å². The minimum absolute atomic E-state index is 0.132. The summed E-state index contributed by atoms with van der Waals surface area (Å²) in [6.45, 7) is 11.0. The summed E-state index contributed by atoms with van der Waals surface area (Å²) in [5, 5.41) is 37.0. The molecule has 190 valence electrons. The number of hydrogen-bond donors (Lipinski definition) is 2. The standard InChI is InChI=1S/C28H31N7O2/c1-16-13-31-32-17(2)25(16)18(3)37-22-6-7-24-23(11-22)26(34-33-24)20-10-19(12-29)27(30-14-20)35-9-8-21(15-35)28(4,5)36/h6-7,10-11,13-14,18,21,36H,8-9,15H2,1-5H3,(H,33,34)/t18?,21-/m0/s1. The number of nitrogens with zero attached hydrogens (tertiary/aromatic N) is 6. The molecule has 2 N–H and O–H groups in total. The van der Waals surface area contributed by atoms with Crippen molar-refractivity contribution in [3.05, 3.63) is 59.0 Å². The van der Waals surface area contributed by atoms with Crippen molar-refractivity contribution in [2.24, 2.45) is 5.92 Å². The molecular formula is C28H31N7O2. The number of aromatic nitrogens is 5. The maximum Gasteiger partial charge on any atom is 0.146 e. The van der Waals surface area contributed by atoms with Gasteiger partial charge < -0.3 is 14.7 Å². The van der Waals surface area contributed by atoms with Crippen molar-refractivity contribution in [3.63, 3.8) is 0 Å². The van der Waals surface area contributed by atoms with Crippen molar-refractivity contribution in [3.8, 4) is 23.1 Å². The second kappa shape index (κ2) is 9.45. The normalized spacial score (nSPS) is 16.7. The van der Waals surface area contributed by atoms with E-state index in [1.807, 2.05) is 58.9 Å². The number of hydrogen-bond acceptors (Lipinski definition) is 8. The van der Waals surface area contributed by atoms with Crippen molar-refractivity contribution in [1.82, 2.24) is 25.4 Å². The predicted molar refractivity (Wildman–Crippen MR) is 141 cm³/mol. The summed E-state index contributed by atoms with van der Waals surface area (Å²) in [6.07, 6.45) is 4.16. The van der Waals surface area contributed by atoms with E-state index in [2.05, 4.69) is 36.3 Å². The number of aliphatic hydroxyl groups is 1. The Bertz CT molecular complexity index is 1480. The van der Waals surface area contributed by atoms with Crippen molar-refractivity contribution in [2.75, 3.05) is 18.0 Å². The van der Waals surface area contributed by atoms with Crippen molar-refractivity contribution >= 4 is 16.7 Å². The summed E-state index contributed by atoms with van der Waals surface area (Å²) in [4.78, 5) is 6.75. The number of nitriles is 1. The van der Waals surface area contributed by atoms with Gasteiger partial charge in [0, 0.05) is 41.7 Å². The van der Waals surface area contributed by atoms with E-state index >= 15 is 0 Å². The van der Waals surface area contributed by atoms with Crippen molar-refractivity contribution in [1.29, 1.82) is 5.26 Å². The van der Waals surface area contributed by atoms with E-state index in [0.717, 1.165) is 46.3 Å². The third-order valence-corrected chi connectivity index (χ3v) is 7.27. The number of nitrogens with one attached hydrogen (secondary N) is 1. The first-order chi connectivity index (χ1) is 17.7. The van der Waals surface area contributed by atoms with Gasteiger partial charge in [0.1, 0.15) is 29.4 Å². The highest BCUT2D eigenvalue weighted by molar-refractivity contribution is 5.94. The number of rotatable bonds is 6. The Hall–Kier alpha value is -4.03. The molecule has 1 aromatic carbocycles. The number of aromatic amines is 1. The van der Waals surface area contributed by atoms with Gasteiger partial charge in [0.15, 0.2) is 0 Å². The molecule has 4 aromatic rings. The van der Waals surface area contributed by atoms with Gasteiger partial charge >= 0.3 is 0 Å². The molecule has 5 rings (SSSR count). The molecule has 37 heavy (non-hydrogen) atoms. The Morgan fingerprint density at radius 3 is 2.76 bits per heavy atom. The smallest absolute Gasteiger partial charge is 0.146 e. The molecule has 0 radical (unpaired) electrons. The van der Waals surface area contributed by atoms with Gasteiger partial charge in [0.05, 0.1) is 28.6 Å². The molecule has 1 saturated heterocycles. The fraction of sp³-hybridized carbons (Fsp3) is 0.393. The number of pyridine rings is 1. The van der Waals surface area contributed by atoms with Crippen LogP contribution in [0.25, 0.3) is 22.2 Å². The highest BCUT2D eigenvalue weighted by atomic mass is 16.5. The molecule has 0 amide bonds. The lowest BCUT2D eigenvalue weighted by atomic mass is 9.90. The zero-order valence-corrected chi connectivity index (χ0v) is 21.8.